The summed E-state index contributed by atoms with van der Waals surface area (Å²) in [5, 5.41) is 0. The van der Waals surface area contributed by atoms with Crippen LogP contribution in [0.15, 0.2) is 18.2 Å². The molecule has 0 unspecified atom stereocenters. The molecular formula is C11H16S. The van der Waals surface area contributed by atoms with E-state index in [0.717, 1.165) is 12.8 Å². The van der Waals surface area contributed by atoms with E-state index in [4.69, 9.17) is 0 Å². The standard InChI is InChI=1S/C11H16S/c1-4-6-10(5-2)11-8-7-9(3)12-11/h6-8H,4-5H2,1-3H3/b10-6+. The topological polar surface area (TPSA) is 0 Å². The minimum atomic E-state index is 1.14. The van der Waals surface area contributed by atoms with Gasteiger partial charge in [-0.3, -0.25) is 0 Å². The molecule has 0 N–H and O–H groups in total. The first-order valence-electron chi connectivity index (χ1n) is 4.53. The van der Waals surface area contributed by atoms with Gasteiger partial charge in [0.05, 0.1) is 0 Å². The molecule has 0 aliphatic carbocycles. The van der Waals surface area contributed by atoms with Gasteiger partial charge >= 0.3 is 0 Å². The monoisotopic (exact) mass is 180 g/mol. The summed E-state index contributed by atoms with van der Waals surface area (Å²) in [7, 11) is 0. The first kappa shape index (κ1) is 9.53. The fourth-order valence-electron chi connectivity index (χ4n) is 1.27. The Bertz CT molecular complexity index is 268. The van der Waals surface area contributed by atoms with Gasteiger partial charge in [-0.25, -0.2) is 0 Å². The highest BCUT2D eigenvalue weighted by molar-refractivity contribution is 7.13. The van der Waals surface area contributed by atoms with Crippen molar-refractivity contribution in [3.63, 3.8) is 0 Å². The molecule has 0 spiro atoms. The van der Waals surface area contributed by atoms with Gasteiger partial charge in [0.2, 0.25) is 0 Å². The van der Waals surface area contributed by atoms with Crippen molar-refractivity contribution in [2.24, 2.45) is 0 Å². The van der Waals surface area contributed by atoms with E-state index < -0.39 is 0 Å². The summed E-state index contributed by atoms with van der Waals surface area (Å²) < 4.78 is 0. The van der Waals surface area contributed by atoms with Gasteiger partial charge in [0.15, 0.2) is 0 Å². The Balaban J connectivity index is 2.87. The Morgan fingerprint density at radius 2 is 2.17 bits per heavy atom. The molecule has 0 amide bonds. The first-order valence-corrected chi connectivity index (χ1v) is 5.35. The molecule has 1 heteroatoms. The van der Waals surface area contributed by atoms with Crippen molar-refractivity contribution in [1.82, 2.24) is 0 Å². The minimum Gasteiger partial charge on any atom is -0.141 e. The molecule has 0 bridgehead atoms. The predicted molar refractivity (Wildman–Crippen MR) is 57.6 cm³/mol. The molecule has 0 fully saturated rings. The lowest BCUT2D eigenvalue weighted by molar-refractivity contribution is 1.18. The average molecular weight is 180 g/mol. The number of aryl methyl sites for hydroxylation is 1. The van der Waals surface area contributed by atoms with E-state index in [1.807, 2.05) is 11.3 Å². The van der Waals surface area contributed by atoms with Crippen molar-refractivity contribution in [2.45, 2.75) is 33.6 Å². The first-order chi connectivity index (χ1) is 5.77. The van der Waals surface area contributed by atoms with Crippen LogP contribution < -0.4 is 0 Å². The van der Waals surface area contributed by atoms with E-state index in [1.54, 1.807) is 0 Å². The van der Waals surface area contributed by atoms with Crippen molar-refractivity contribution < 1.29 is 0 Å². The zero-order valence-electron chi connectivity index (χ0n) is 8.05. The van der Waals surface area contributed by atoms with E-state index in [2.05, 4.69) is 39.0 Å². The number of hydrogen-bond acceptors (Lipinski definition) is 1. The quantitative estimate of drug-likeness (QED) is 0.652. The molecule has 0 atom stereocenters. The molecule has 1 heterocycles. The van der Waals surface area contributed by atoms with Crippen molar-refractivity contribution in [1.29, 1.82) is 0 Å². The Labute approximate surface area is 78.9 Å². The Morgan fingerprint density at radius 1 is 1.42 bits per heavy atom. The van der Waals surface area contributed by atoms with Crippen molar-refractivity contribution in [2.75, 3.05) is 0 Å². The second kappa shape index (κ2) is 4.46. The Hall–Kier alpha value is -0.560. The highest BCUT2D eigenvalue weighted by atomic mass is 32.1. The zero-order valence-corrected chi connectivity index (χ0v) is 8.87. The average Bonchev–Trinajstić information content (AvgIpc) is 2.47. The summed E-state index contributed by atoms with van der Waals surface area (Å²) in [6, 6.07) is 4.42. The summed E-state index contributed by atoms with van der Waals surface area (Å²) in [5.74, 6) is 0. The molecule has 1 rings (SSSR count). The highest BCUT2D eigenvalue weighted by Gasteiger charge is 2.00. The third-order valence-corrected chi connectivity index (χ3v) is 2.96. The molecule has 12 heavy (non-hydrogen) atoms. The van der Waals surface area contributed by atoms with Gasteiger partial charge in [-0.2, -0.15) is 0 Å². The van der Waals surface area contributed by atoms with Crippen LogP contribution in [0.5, 0.6) is 0 Å². The predicted octanol–water partition coefficient (Wildman–Crippen LogP) is 4.26. The number of rotatable bonds is 3. The summed E-state index contributed by atoms with van der Waals surface area (Å²) in [4.78, 5) is 2.84. The molecule has 0 aliphatic rings. The van der Waals surface area contributed by atoms with Crippen LogP contribution in [-0.2, 0) is 0 Å². The molecule has 0 radical (unpaired) electrons. The van der Waals surface area contributed by atoms with E-state index in [9.17, 15) is 0 Å². The van der Waals surface area contributed by atoms with E-state index in [1.165, 1.54) is 15.3 Å². The van der Waals surface area contributed by atoms with Gasteiger partial charge in [0.25, 0.3) is 0 Å². The molecule has 0 saturated heterocycles. The van der Waals surface area contributed by atoms with Crippen LogP contribution in [0.2, 0.25) is 0 Å². The van der Waals surface area contributed by atoms with Crippen LogP contribution in [0.25, 0.3) is 5.57 Å². The van der Waals surface area contributed by atoms with E-state index in [0.29, 0.717) is 0 Å². The summed E-state index contributed by atoms with van der Waals surface area (Å²) in [6.07, 6.45) is 4.61. The second-order valence-electron chi connectivity index (χ2n) is 2.90. The maximum absolute atomic E-state index is 2.32. The SMILES string of the molecule is CC/C=C(\CC)c1ccc(C)s1. The lowest BCUT2D eigenvalue weighted by atomic mass is 10.1. The number of thiophene rings is 1. The van der Waals surface area contributed by atoms with Crippen LogP contribution in [0.1, 0.15) is 36.4 Å². The van der Waals surface area contributed by atoms with E-state index in [-0.39, 0.29) is 0 Å². The van der Waals surface area contributed by atoms with Crippen LogP contribution >= 0.6 is 11.3 Å². The van der Waals surface area contributed by atoms with Gasteiger partial charge in [-0.05, 0) is 37.5 Å². The summed E-state index contributed by atoms with van der Waals surface area (Å²) in [6.45, 7) is 6.57. The smallest absolute Gasteiger partial charge is 0.0301 e. The third kappa shape index (κ3) is 2.21. The van der Waals surface area contributed by atoms with Gasteiger partial charge < -0.3 is 0 Å². The molecule has 0 aliphatic heterocycles. The lowest BCUT2D eigenvalue weighted by Gasteiger charge is -1.99. The Morgan fingerprint density at radius 3 is 2.58 bits per heavy atom. The third-order valence-electron chi connectivity index (χ3n) is 1.89. The second-order valence-corrected chi connectivity index (χ2v) is 4.19. The summed E-state index contributed by atoms with van der Waals surface area (Å²) >= 11 is 1.89. The van der Waals surface area contributed by atoms with Crippen LogP contribution in [-0.4, -0.2) is 0 Å². The van der Waals surface area contributed by atoms with Crippen LogP contribution in [0.3, 0.4) is 0 Å². The zero-order chi connectivity index (χ0) is 8.97. The van der Waals surface area contributed by atoms with Crippen LogP contribution in [0, 0.1) is 6.92 Å². The lowest BCUT2D eigenvalue weighted by Crippen LogP contribution is -1.75. The Kier molecular flexibility index (Phi) is 3.54. The number of allylic oxidation sites excluding steroid dienone is 2. The molecule has 0 aromatic carbocycles. The van der Waals surface area contributed by atoms with Gasteiger partial charge in [0.1, 0.15) is 0 Å². The van der Waals surface area contributed by atoms with Crippen LogP contribution in [0.4, 0.5) is 0 Å². The fraction of sp³-hybridized carbons (Fsp3) is 0.455. The molecule has 1 aromatic rings. The van der Waals surface area contributed by atoms with Crippen molar-refractivity contribution in [3.8, 4) is 0 Å². The molecule has 0 saturated carbocycles. The maximum Gasteiger partial charge on any atom is 0.0301 e. The molecular weight excluding hydrogens is 164 g/mol. The summed E-state index contributed by atoms with van der Waals surface area (Å²) in [5.41, 5.74) is 1.50. The minimum absolute atomic E-state index is 1.14. The molecule has 1 aromatic heterocycles. The van der Waals surface area contributed by atoms with Gasteiger partial charge in [-0.15, -0.1) is 11.3 Å². The maximum atomic E-state index is 2.32. The number of hydrogen-bond donors (Lipinski definition) is 0. The van der Waals surface area contributed by atoms with Crippen molar-refractivity contribution in [3.05, 3.63) is 28.0 Å². The largest absolute Gasteiger partial charge is 0.141 e. The van der Waals surface area contributed by atoms with Crippen molar-refractivity contribution >= 4 is 16.9 Å². The normalized spacial score (nSPS) is 12.1. The molecule has 66 valence electrons. The molecule has 0 nitrogen and oxygen atoms in total. The van der Waals surface area contributed by atoms with E-state index >= 15 is 0 Å². The van der Waals surface area contributed by atoms with Gasteiger partial charge in [0, 0.05) is 9.75 Å². The highest BCUT2D eigenvalue weighted by Crippen LogP contribution is 2.26. The fourth-order valence-corrected chi connectivity index (χ4v) is 2.25. The van der Waals surface area contributed by atoms with Gasteiger partial charge in [-0.1, -0.05) is 19.9 Å².